The Labute approximate surface area is 160 Å². The normalized spacial score (nSPS) is 10.7. The third-order valence-corrected chi connectivity index (χ3v) is 4.61. The fourth-order valence-electron chi connectivity index (χ4n) is 2.96. The van der Waals surface area contributed by atoms with Crippen LogP contribution < -0.4 is 9.47 Å². The summed E-state index contributed by atoms with van der Waals surface area (Å²) in [4.78, 5) is 11.0. The van der Waals surface area contributed by atoms with Crippen molar-refractivity contribution in [2.75, 3.05) is 13.2 Å². The van der Waals surface area contributed by atoms with Crippen LogP contribution in [0.5, 0.6) is 11.5 Å². The third kappa shape index (κ3) is 10.5. The second-order valence-corrected chi connectivity index (χ2v) is 7.06. The average molecular weight is 363 g/mol. The Balaban J connectivity index is 2.33. The van der Waals surface area contributed by atoms with E-state index in [1.807, 2.05) is 6.07 Å². The summed E-state index contributed by atoms with van der Waals surface area (Å²) < 4.78 is 11.8. The molecule has 0 fully saturated rings. The van der Waals surface area contributed by atoms with Gasteiger partial charge in [0.05, 0.1) is 13.2 Å². The van der Waals surface area contributed by atoms with E-state index in [1.165, 1.54) is 64.2 Å². The Morgan fingerprint density at radius 3 is 1.73 bits per heavy atom. The van der Waals surface area contributed by atoms with Crippen molar-refractivity contribution in [2.45, 2.75) is 90.9 Å². The highest BCUT2D eigenvalue weighted by atomic mass is 16.5. The van der Waals surface area contributed by atoms with Crippen molar-refractivity contribution < 1.29 is 14.3 Å². The molecule has 26 heavy (non-hydrogen) atoms. The lowest BCUT2D eigenvalue weighted by Gasteiger charge is -2.13. The van der Waals surface area contributed by atoms with Crippen LogP contribution in [0, 0.1) is 0 Å². The second-order valence-electron chi connectivity index (χ2n) is 7.06. The summed E-state index contributed by atoms with van der Waals surface area (Å²) in [5, 5.41) is 0. The zero-order chi connectivity index (χ0) is 18.9. The third-order valence-electron chi connectivity index (χ3n) is 4.61. The summed E-state index contributed by atoms with van der Waals surface area (Å²) in [5.41, 5.74) is 0.634. The average Bonchev–Trinajstić information content (AvgIpc) is 2.67. The molecule has 0 saturated carbocycles. The van der Waals surface area contributed by atoms with Crippen LogP contribution in [0.4, 0.5) is 0 Å². The predicted octanol–water partition coefficient (Wildman–Crippen LogP) is 6.98. The molecule has 0 aliphatic heterocycles. The topological polar surface area (TPSA) is 35.5 Å². The molecule has 3 nitrogen and oxygen atoms in total. The molecule has 0 aliphatic rings. The van der Waals surface area contributed by atoms with Crippen molar-refractivity contribution in [3.8, 4) is 11.5 Å². The molecule has 1 aromatic carbocycles. The molecule has 0 radical (unpaired) electrons. The van der Waals surface area contributed by atoms with Crippen molar-refractivity contribution in [3.63, 3.8) is 0 Å². The van der Waals surface area contributed by atoms with Gasteiger partial charge in [0.1, 0.15) is 6.29 Å². The fraction of sp³-hybridized carbons (Fsp3) is 0.696. The number of hydrogen-bond donors (Lipinski definition) is 0. The Kier molecular flexibility index (Phi) is 13.6. The lowest BCUT2D eigenvalue weighted by atomic mass is 10.1. The quantitative estimate of drug-likeness (QED) is 0.221. The Bertz CT molecular complexity index is 471. The van der Waals surface area contributed by atoms with E-state index >= 15 is 0 Å². The van der Waals surface area contributed by atoms with E-state index < -0.39 is 0 Å². The van der Waals surface area contributed by atoms with Crippen LogP contribution in [0.15, 0.2) is 18.2 Å². The van der Waals surface area contributed by atoms with E-state index in [2.05, 4.69) is 13.8 Å². The number of carbonyl (C=O) groups excluding carboxylic acids is 1. The fourth-order valence-corrected chi connectivity index (χ4v) is 2.96. The standard InChI is InChI=1S/C23H38O3/c1-3-5-7-9-11-13-17-25-22-16-15-21(20-24)19-23(22)26-18-14-12-10-8-6-4-2/h15-16,19-20H,3-14,17-18H2,1-2H3. The molecular weight excluding hydrogens is 324 g/mol. The number of rotatable bonds is 17. The van der Waals surface area contributed by atoms with Gasteiger partial charge in [0.25, 0.3) is 0 Å². The molecule has 1 rings (SSSR count). The highest BCUT2D eigenvalue weighted by Crippen LogP contribution is 2.28. The lowest BCUT2D eigenvalue weighted by molar-refractivity contribution is 0.112. The molecule has 0 N–H and O–H groups in total. The highest BCUT2D eigenvalue weighted by Gasteiger charge is 2.07. The molecular formula is C23H38O3. The first-order valence-electron chi connectivity index (χ1n) is 10.7. The molecule has 1 aromatic rings. The van der Waals surface area contributed by atoms with Gasteiger partial charge < -0.3 is 9.47 Å². The minimum absolute atomic E-state index is 0.634. The van der Waals surface area contributed by atoms with Crippen LogP contribution in [-0.2, 0) is 0 Å². The molecule has 0 aliphatic carbocycles. The Hall–Kier alpha value is -1.51. The van der Waals surface area contributed by atoms with Crippen LogP contribution in [0.2, 0.25) is 0 Å². The van der Waals surface area contributed by atoms with Gasteiger partial charge in [0.15, 0.2) is 11.5 Å². The minimum atomic E-state index is 0.634. The maximum Gasteiger partial charge on any atom is 0.161 e. The second kappa shape index (κ2) is 15.7. The maximum atomic E-state index is 11.0. The molecule has 0 saturated heterocycles. The molecule has 148 valence electrons. The van der Waals surface area contributed by atoms with E-state index in [-0.39, 0.29) is 0 Å². The molecule has 0 atom stereocenters. The van der Waals surface area contributed by atoms with Gasteiger partial charge in [-0.25, -0.2) is 0 Å². The van der Waals surface area contributed by atoms with Gasteiger partial charge in [0.2, 0.25) is 0 Å². The van der Waals surface area contributed by atoms with Crippen LogP contribution in [0.25, 0.3) is 0 Å². The number of benzene rings is 1. The number of aldehydes is 1. The summed E-state index contributed by atoms with van der Waals surface area (Å²) in [6.07, 6.45) is 15.7. The van der Waals surface area contributed by atoms with E-state index in [0.29, 0.717) is 24.5 Å². The summed E-state index contributed by atoms with van der Waals surface area (Å²) in [7, 11) is 0. The minimum Gasteiger partial charge on any atom is -0.490 e. The summed E-state index contributed by atoms with van der Waals surface area (Å²) in [5.74, 6) is 1.46. The first kappa shape index (κ1) is 22.5. The molecule has 0 aromatic heterocycles. The van der Waals surface area contributed by atoms with Crippen LogP contribution in [0.3, 0.4) is 0 Å². The van der Waals surface area contributed by atoms with Gasteiger partial charge in [-0.2, -0.15) is 0 Å². The first-order chi connectivity index (χ1) is 12.8. The molecule has 3 heteroatoms. The maximum absolute atomic E-state index is 11.0. The van der Waals surface area contributed by atoms with Crippen molar-refractivity contribution in [1.82, 2.24) is 0 Å². The smallest absolute Gasteiger partial charge is 0.161 e. The van der Waals surface area contributed by atoms with Crippen molar-refractivity contribution in [2.24, 2.45) is 0 Å². The summed E-state index contributed by atoms with van der Waals surface area (Å²) in [6.45, 7) is 5.86. The van der Waals surface area contributed by atoms with Gasteiger partial charge in [-0.05, 0) is 31.0 Å². The van der Waals surface area contributed by atoms with Gasteiger partial charge >= 0.3 is 0 Å². The molecule has 0 bridgehead atoms. The number of ether oxygens (including phenoxy) is 2. The van der Waals surface area contributed by atoms with Crippen LogP contribution >= 0.6 is 0 Å². The monoisotopic (exact) mass is 362 g/mol. The number of hydrogen-bond acceptors (Lipinski definition) is 3. The van der Waals surface area contributed by atoms with Gasteiger partial charge in [-0.3, -0.25) is 4.79 Å². The van der Waals surface area contributed by atoms with Crippen LogP contribution in [-0.4, -0.2) is 19.5 Å². The number of carbonyl (C=O) groups is 1. The number of unbranched alkanes of at least 4 members (excludes halogenated alkanes) is 10. The molecule has 0 unspecified atom stereocenters. The Morgan fingerprint density at radius 2 is 1.19 bits per heavy atom. The van der Waals surface area contributed by atoms with E-state index in [9.17, 15) is 4.79 Å². The van der Waals surface area contributed by atoms with Crippen molar-refractivity contribution in [3.05, 3.63) is 23.8 Å². The SMILES string of the molecule is CCCCCCCCOc1ccc(C=O)cc1OCCCCCCCC. The molecule has 0 spiro atoms. The summed E-state index contributed by atoms with van der Waals surface area (Å²) in [6, 6.07) is 5.44. The van der Waals surface area contributed by atoms with Crippen molar-refractivity contribution >= 4 is 6.29 Å². The Morgan fingerprint density at radius 1 is 0.692 bits per heavy atom. The predicted molar refractivity (Wildman–Crippen MR) is 110 cm³/mol. The zero-order valence-electron chi connectivity index (χ0n) is 16.9. The summed E-state index contributed by atoms with van der Waals surface area (Å²) >= 11 is 0. The molecule has 0 heterocycles. The zero-order valence-corrected chi connectivity index (χ0v) is 16.9. The van der Waals surface area contributed by atoms with E-state index in [4.69, 9.17) is 9.47 Å². The van der Waals surface area contributed by atoms with E-state index in [1.54, 1.807) is 12.1 Å². The van der Waals surface area contributed by atoms with Gasteiger partial charge in [-0.1, -0.05) is 78.1 Å². The van der Waals surface area contributed by atoms with E-state index in [0.717, 1.165) is 24.9 Å². The lowest BCUT2D eigenvalue weighted by Crippen LogP contribution is -2.03. The van der Waals surface area contributed by atoms with Gasteiger partial charge in [-0.15, -0.1) is 0 Å². The van der Waals surface area contributed by atoms with Gasteiger partial charge in [0, 0.05) is 5.56 Å². The van der Waals surface area contributed by atoms with Crippen LogP contribution in [0.1, 0.15) is 101 Å². The first-order valence-corrected chi connectivity index (χ1v) is 10.7. The van der Waals surface area contributed by atoms with Crippen molar-refractivity contribution in [1.29, 1.82) is 0 Å². The largest absolute Gasteiger partial charge is 0.490 e. The molecule has 0 amide bonds. The highest BCUT2D eigenvalue weighted by molar-refractivity contribution is 5.76.